The Hall–Kier alpha value is -2.34. The molecule has 0 saturated heterocycles. The van der Waals surface area contributed by atoms with Gasteiger partial charge in [-0.25, -0.2) is 0 Å². The van der Waals surface area contributed by atoms with Crippen molar-refractivity contribution in [2.24, 2.45) is 0 Å². The van der Waals surface area contributed by atoms with Gasteiger partial charge in [0.1, 0.15) is 6.61 Å². The summed E-state index contributed by atoms with van der Waals surface area (Å²) in [4.78, 5) is 12.5. The molecular formula is C22H26F3NO2. The third-order valence-corrected chi connectivity index (χ3v) is 4.47. The minimum absolute atomic E-state index is 0.108. The van der Waals surface area contributed by atoms with Gasteiger partial charge in [0.2, 0.25) is 0 Å². The molecule has 1 N–H and O–H groups in total. The molecule has 0 bridgehead atoms. The van der Waals surface area contributed by atoms with Gasteiger partial charge >= 0.3 is 6.18 Å². The van der Waals surface area contributed by atoms with Crippen molar-refractivity contribution in [3.63, 3.8) is 0 Å². The quantitative estimate of drug-likeness (QED) is 0.618. The van der Waals surface area contributed by atoms with Crippen LogP contribution in [0.5, 0.6) is 0 Å². The number of carbonyl (C=O) groups is 1. The first kappa shape index (κ1) is 22.0. The summed E-state index contributed by atoms with van der Waals surface area (Å²) in [5.41, 5.74) is 3.32. The highest BCUT2D eigenvalue weighted by molar-refractivity contribution is 5.94. The van der Waals surface area contributed by atoms with E-state index in [4.69, 9.17) is 0 Å². The summed E-state index contributed by atoms with van der Waals surface area (Å²) < 4.78 is 40.9. The summed E-state index contributed by atoms with van der Waals surface area (Å²) in [6.45, 7) is 4.82. The van der Waals surface area contributed by atoms with E-state index in [1.165, 1.54) is 5.56 Å². The Morgan fingerprint density at radius 1 is 1.00 bits per heavy atom. The van der Waals surface area contributed by atoms with Crippen LogP contribution in [0.3, 0.4) is 0 Å². The van der Waals surface area contributed by atoms with Crippen LogP contribution in [-0.4, -0.2) is 18.7 Å². The summed E-state index contributed by atoms with van der Waals surface area (Å²) in [6, 6.07) is 14.5. The summed E-state index contributed by atoms with van der Waals surface area (Å²) in [5, 5.41) is 3.01. The lowest BCUT2D eigenvalue weighted by Crippen LogP contribution is -2.28. The predicted octanol–water partition coefficient (Wildman–Crippen LogP) is 5.77. The van der Waals surface area contributed by atoms with Crippen molar-refractivity contribution in [2.45, 2.75) is 51.9 Å². The van der Waals surface area contributed by atoms with E-state index in [1.54, 1.807) is 24.3 Å². The second-order valence-corrected chi connectivity index (χ2v) is 7.06. The normalized spacial score (nSPS) is 12.8. The fraction of sp³-hybridized carbons (Fsp3) is 0.409. The maximum Gasteiger partial charge on any atom is 0.411 e. The number of alkyl halides is 3. The topological polar surface area (TPSA) is 38.3 Å². The molecule has 152 valence electrons. The van der Waals surface area contributed by atoms with Crippen LogP contribution in [0.2, 0.25) is 0 Å². The highest BCUT2D eigenvalue weighted by Gasteiger charge is 2.27. The van der Waals surface area contributed by atoms with E-state index in [9.17, 15) is 18.0 Å². The average molecular weight is 393 g/mol. The van der Waals surface area contributed by atoms with Gasteiger partial charge in [-0.3, -0.25) is 4.79 Å². The second-order valence-electron chi connectivity index (χ2n) is 7.06. The van der Waals surface area contributed by atoms with Crippen molar-refractivity contribution in [2.75, 3.05) is 6.61 Å². The van der Waals surface area contributed by atoms with Crippen molar-refractivity contribution < 1.29 is 22.7 Å². The van der Waals surface area contributed by atoms with E-state index >= 15 is 0 Å². The van der Waals surface area contributed by atoms with Crippen molar-refractivity contribution >= 4 is 5.91 Å². The van der Waals surface area contributed by atoms with Crippen molar-refractivity contribution in [1.29, 1.82) is 0 Å². The molecule has 1 amide bonds. The zero-order valence-electron chi connectivity index (χ0n) is 16.3. The zero-order valence-corrected chi connectivity index (χ0v) is 16.3. The van der Waals surface area contributed by atoms with E-state index in [0.29, 0.717) is 17.0 Å². The lowest BCUT2D eigenvalue weighted by Gasteiger charge is -2.18. The van der Waals surface area contributed by atoms with E-state index in [2.05, 4.69) is 36.0 Å². The maximum absolute atomic E-state index is 12.5. The third-order valence-electron chi connectivity index (χ3n) is 4.47. The van der Waals surface area contributed by atoms with Crippen LogP contribution in [-0.2, 0) is 11.3 Å². The van der Waals surface area contributed by atoms with Crippen LogP contribution < -0.4 is 5.32 Å². The van der Waals surface area contributed by atoms with E-state index in [1.807, 2.05) is 19.1 Å². The molecule has 0 aromatic heterocycles. The second kappa shape index (κ2) is 9.73. The van der Waals surface area contributed by atoms with Crippen LogP contribution in [0.15, 0.2) is 48.5 Å². The van der Waals surface area contributed by atoms with E-state index in [-0.39, 0.29) is 18.6 Å². The van der Waals surface area contributed by atoms with Crippen LogP contribution >= 0.6 is 0 Å². The van der Waals surface area contributed by atoms with E-state index in [0.717, 1.165) is 12.0 Å². The molecule has 0 saturated carbocycles. The van der Waals surface area contributed by atoms with Gasteiger partial charge in [-0.1, -0.05) is 57.2 Å². The first-order valence-corrected chi connectivity index (χ1v) is 9.33. The number of amides is 1. The minimum atomic E-state index is -4.34. The number of hydrogen-bond acceptors (Lipinski definition) is 2. The van der Waals surface area contributed by atoms with Gasteiger partial charge in [0.15, 0.2) is 0 Å². The fourth-order valence-electron chi connectivity index (χ4n) is 2.81. The summed E-state index contributed by atoms with van der Waals surface area (Å²) in [5.74, 6) is 0.227. The van der Waals surface area contributed by atoms with Gasteiger partial charge in [-0.2, -0.15) is 13.2 Å². The molecule has 3 nitrogen and oxygen atoms in total. The summed E-state index contributed by atoms with van der Waals surface area (Å²) >= 11 is 0. The van der Waals surface area contributed by atoms with Gasteiger partial charge in [0, 0.05) is 5.56 Å². The Labute approximate surface area is 163 Å². The summed E-state index contributed by atoms with van der Waals surface area (Å²) in [6.07, 6.45) is -3.60. The standard InChI is InChI=1S/C22H26F3NO2/c1-4-20(18-11-9-17(10-12-18)15(2)3)26-21(27)19-7-5-16(6-8-19)13-28-14-22(23,24)25/h5-12,15,20H,4,13-14H2,1-3H3,(H,26,27)/t20-/m1/s1. The van der Waals surface area contributed by atoms with Crippen LogP contribution in [0.4, 0.5) is 13.2 Å². The van der Waals surface area contributed by atoms with Gasteiger partial charge in [0.25, 0.3) is 5.91 Å². The van der Waals surface area contributed by atoms with E-state index < -0.39 is 12.8 Å². The number of nitrogens with one attached hydrogen (secondary N) is 1. The highest BCUT2D eigenvalue weighted by atomic mass is 19.4. The summed E-state index contributed by atoms with van der Waals surface area (Å²) in [7, 11) is 0. The largest absolute Gasteiger partial charge is 0.411 e. The van der Waals surface area contributed by atoms with Crippen molar-refractivity contribution in [1.82, 2.24) is 5.32 Å². The molecule has 0 spiro atoms. The van der Waals surface area contributed by atoms with Crippen LogP contribution in [0.1, 0.15) is 66.2 Å². The molecule has 0 heterocycles. The zero-order chi connectivity index (χ0) is 20.7. The number of benzene rings is 2. The smallest absolute Gasteiger partial charge is 0.367 e. The predicted molar refractivity (Wildman–Crippen MR) is 103 cm³/mol. The first-order chi connectivity index (χ1) is 13.2. The maximum atomic E-state index is 12.5. The third kappa shape index (κ3) is 6.68. The minimum Gasteiger partial charge on any atom is -0.367 e. The molecule has 0 radical (unpaired) electrons. The lowest BCUT2D eigenvalue weighted by molar-refractivity contribution is -0.176. The molecule has 1 atom stereocenters. The highest BCUT2D eigenvalue weighted by Crippen LogP contribution is 2.21. The Morgan fingerprint density at radius 3 is 2.07 bits per heavy atom. The molecule has 28 heavy (non-hydrogen) atoms. The van der Waals surface area contributed by atoms with Crippen molar-refractivity contribution in [3.8, 4) is 0 Å². The number of ether oxygens (including phenoxy) is 1. The Balaban J connectivity index is 1.96. The number of halogens is 3. The average Bonchev–Trinajstić information content (AvgIpc) is 2.65. The first-order valence-electron chi connectivity index (χ1n) is 9.33. The fourth-order valence-corrected chi connectivity index (χ4v) is 2.81. The van der Waals surface area contributed by atoms with Gasteiger partial charge in [-0.05, 0) is 41.2 Å². The molecule has 2 aromatic carbocycles. The number of rotatable bonds is 8. The molecule has 2 aromatic rings. The lowest BCUT2D eigenvalue weighted by atomic mass is 9.98. The van der Waals surface area contributed by atoms with Gasteiger partial charge in [-0.15, -0.1) is 0 Å². The molecular weight excluding hydrogens is 367 g/mol. The molecule has 0 unspecified atom stereocenters. The van der Waals surface area contributed by atoms with Crippen molar-refractivity contribution in [3.05, 3.63) is 70.8 Å². The van der Waals surface area contributed by atoms with Crippen LogP contribution in [0.25, 0.3) is 0 Å². The number of hydrogen-bond donors (Lipinski definition) is 1. The monoisotopic (exact) mass is 393 g/mol. The van der Waals surface area contributed by atoms with Gasteiger partial charge < -0.3 is 10.1 Å². The van der Waals surface area contributed by atoms with Gasteiger partial charge in [0.05, 0.1) is 12.6 Å². The van der Waals surface area contributed by atoms with Crippen LogP contribution in [0, 0.1) is 0 Å². The Morgan fingerprint density at radius 2 is 1.57 bits per heavy atom. The number of carbonyl (C=O) groups excluding carboxylic acids is 1. The Bertz CT molecular complexity index is 753. The molecule has 0 fully saturated rings. The Kier molecular flexibility index (Phi) is 7.63. The molecule has 6 heteroatoms. The molecule has 2 rings (SSSR count). The molecule has 0 aliphatic heterocycles. The SMILES string of the molecule is CC[C@@H](NC(=O)c1ccc(COCC(F)(F)F)cc1)c1ccc(C(C)C)cc1. The molecule has 0 aliphatic carbocycles. The molecule has 0 aliphatic rings.